The molecule has 0 saturated carbocycles. The Balaban J connectivity index is 1.65. The van der Waals surface area contributed by atoms with Gasteiger partial charge < -0.3 is 15.6 Å². The molecule has 2 aromatic heterocycles. The van der Waals surface area contributed by atoms with Crippen LogP contribution in [0.2, 0.25) is 0 Å². The first kappa shape index (κ1) is 15.0. The molecule has 0 saturated heterocycles. The van der Waals surface area contributed by atoms with Gasteiger partial charge in [-0.05, 0) is 37.1 Å². The minimum Gasteiger partial charge on any atom is -0.368 e. The largest absolute Gasteiger partial charge is 0.368 e. The van der Waals surface area contributed by atoms with Crippen LogP contribution >= 0.6 is 0 Å². The normalized spacial score (nSPS) is 10.7. The lowest BCUT2D eigenvalue weighted by molar-refractivity contribution is 0.0957. The number of aromatic amines is 1. The zero-order chi connectivity index (χ0) is 16.2. The van der Waals surface area contributed by atoms with E-state index >= 15 is 0 Å². The van der Waals surface area contributed by atoms with Gasteiger partial charge in [0.1, 0.15) is 5.82 Å². The van der Waals surface area contributed by atoms with Crippen LogP contribution in [0, 0.1) is 6.92 Å². The highest BCUT2D eigenvalue weighted by Crippen LogP contribution is 2.22. The number of anilines is 1. The molecule has 2 heterocycles. The monoisotopic (exact) mass is 309 g/mol. The van der Waals surface area contributed by atoms with Gasteiger partial charge in [0, 0.05) is 30.2 Å². The molecule has 1 amide bonds. The average molecular weight is 309 g/mol. The highest BCUT2D eigenvalue weighted by Gasteiger charge is 2.08. The number of hydrogen-bond acceptors (Lipinski definition) is 4. The fraction of sp³-hybridized carbons (Fsp3) is 0.235. The van der Waals surface area contributed by atoms with E-state index in [4.69, 9.17) is 0 Å². The Hall–Kier alpha value is -2.89. The van der Waals surface area contributed by atoms with Crippen molar-refractivity contribution in [2.45, 2.75) is 13.3 Å². The van der Waals surface area contributed by atoms with Gasteiger partial charge in [0.25, 0.3) is 5.91 Å². The predicted octanol–water partition coefficient (Wildman–Crippen LogP) is 2.28. The van der Waals surface area contributed by atoms with Gasteiger partial charge in [0.15, 0.2) is 5.69 Å². The maximum atomic E-state index is 11.4. The van der Waals surface area contributed by atoms with Crippen LogP contribution in [0.5, 0.6) is 0 Å². The lowest BCUT2D eigenvalue weighted by atomic mass is 10.1. The van der Waals surface area contributed by atoms with Crippen LogP contribution in [-0.2, 0) is 6.42 Å². The molecule has 0 aliphatic rings. The summed E-state index contributed by atoms with van der Waals surface area (Å²) in [4.78, 5) is 14.8. The van der Waals surface area contributed by atoms with E-state index in [0.29, 0.717) is 11.5 Å². The molecule has 23 heavy (non-hydrogen) atoms. The van der Waals surface area contributed by atoms with Crippen LogP contribution in [0.15, 0.2) is 36.4 Å². The summed E-state index contributed by atoms with van der Waals surface area (Å²) >= 11 is 0. The number of amides is 1. The number of para-hydroxylation sites is 1. The predicted molar refractivity (Wildman–Crippen MR) is 90.7 cm³/mol. The number of H-pyrrole nitrogens is 1. The number of nitrogens with zero attached hydrogens (tertiary/aromatic N) is 2. The molecule has 1 aromatic carbocycles. The molecule has 0 atom stereocenters. The SMILES string of the molecule is CNC(=O)c1ccc(NCCc2c(C)[nH]c3ccccc23)nn1. The molecule has 3 rings (SSSR count). The first-order valence-electron chi connectivity index (χ1n) is 7.55. The van der Waals surface area contributed by atoms with E-state index in [-0.39, 0.29) is 5.91 Å². The number of carbonyl (C=O) groups excluding carboxylic acids is 1. The van der Waals surface area contributed by atoms with Crippen molar-refractivity contribution < 1.29 is 4.79 Å². The van der Waals surface area contributed by atoms with E-state index in [1.165, 1.54) is 16.6 Å². The second kappa shape index (κ2) is 6.48. The number of nitrogens with one attached hydrogen (secondary N) is 3. The fourth-order valence-electron chi connectivity index (χ4n) is 2.65. The number of fused-ring (bicyclic) bond motifs is 1. The van der Waals surface area contributed by atoms with Crippen LogP contribution < -0.4 is 10.6 Å². The van der Waals surface area contributed by atoms with Crippen molar-refractivity contribution in [3.8, 4) is 0 Å². The van der Waals surface area contributed by atoms with Gasteiger partial charge in [-0.2, -0.15) is 0 Å². The second-order valence-corrected chi connectivity index (χ2v) is 5.33. The van der Waals surface area contributed by atoms with Gasteiger partial charge in [0.2, 0.25) is 0 Å². The summed E-state index contributed by atoms with van der Waals surface area (Å²) in [6.45, 7) is 2.84. The molecule has 118 valence electrons. The number of aryl methyl sites for hydroxylation is 1. The first-order chi connectivity index (χ1) is 11.2. The Labute approximate surface area is 134 Å². The summed E-state index contributed by atoms with van der Waals surface area (Å²) in [5, 5.41) is 14.9. The lowest BCUT2D eigenvalue weighted by Crippen LogP contribution is -2.20. The third-order valence-corrected chi connectivity index (χ3v) is 3.83. The lowest BCUT2D eigenvalue weighted by Gasteiger charge is -2.06. The molecule has 3 N–H and O–H groups in total. The molecular formula is C17H19N5O. The summed E-state index contributed by atoms with van der Waals surface area (Å²) in [6.07, 6.45) is 0.884. The number of rotatable bonds is 5. The van der Waals surface area contributed by atoms with Crippen molar-refractivity contribution in [3.05, 3.63) is 53.3 Å². The van der Waals surface area contributed by atoms with Gasteiger partial charge in [-0.15, -0.1) is 10.2 Å². The first-order valence-corrected chi connectivity index (χ1v) is 7.55. The van der Waals surface area contributed by atoms with Crippen LogP contribution in [0.1, 0.15) is 21.7 Å². The zero-order valence-electron chi connectivity index (χ0n) is 13.2. The van der Waals surface area contributed by atoms with Crippen molar-refractivity contribution in [1.82, 2.24) is 20.5 Å². The van der Waals surface area contributed by atoms with E-state index < -0.39 is 0 Å². The molecule has 0 radical (unpaired) electrons. The maximum Gasteiger partial charge on any atom is 0.271 e. The number of carbonyl (C=O) groups is 1. The van der Waals surface area contributed by atoms with Crippen LogP contribution in [0.25, 0.3) is 10.9 Å². The van der Waals surface area contributed by atoms with Crippen LogP contribution in [0.3, 0.4) is 0 Å². The van der Waals surface area contributed by atoms with Gasteiger partial charge in [0.05, 0.1) is 0 Å². The van der Waals surface area contributed by atoms with Crippen molar-refractivity contribution in [2.24, 2.45) is 0 Å². The third kappa shape index (κ3) is 3.15. The smallest absolute Gasteiger partial charge is 0.271 e. The molecule has 0 spiro atoms. The van der Waals surface area contributed by atoms with Crippen LogP contribution in [0.4, 0.5) is 5.82 Å². The highest BCUT2D eigenvalue weighted by atomic mass is 16.1. The molecule has 0 aliphatic heterocycles. The van der Waals surface area contributed by atoms with E-state index in [9.17, 15) is 4.79 Å². The average Bonchev–Trinajstić information content (AvgIpc) is 2.90. The quantitative estimate of drug-likeness (QED) is 0.675. The zero-order valence-corrected chi connectivity index (χ0v) is 13.2. The highest BCUT2D eigenvalue weighted by molar-refractivity contribution is 5.91. The van der Waals surface area contributed by atoms with Gasteiger partial charge in [-0.25, -0.2) is 0 Å². The standard InChI is InChI=1S/C17H19N5O/c1-11-12(13-5-3-4-6-14(13)20-11)9-10-19-16-8-7-15(21-22-16)17(23)18-2/h3-8,20H,9-10H2,1-2H3,(H,18,23)(H,19,22). The molecule has 0 unspecified atom stereocenters. The Morgan fingerprint density at radius 1 is 1.17 bits per heavy atom. The number of hydrogen-bond donors (Lipinski definition) is 3. The van der Waals surface area contributed by atoms with Crippen molar-refractivity contribution >= 4 is 22.6 Å². The number of benzene rings is 1. The Kier molecular flexibility index (Phi) is 4.23. The van der Waals surface area contributed by atoms with E-state index in [1.807, 2.05) is 6.07 Å². The van der Waals surface area contributed by atoms with Gasteiger partial charge >= 0.3 is 0 Å². The molecule has 0 aliphatic carbocycles. The molecule has 6 heteroatoms. The molecule has 0 bridgehead atoms. The van der Waals surface area contributed by atoms with E-state index in [0.717, 1.165) is 18.5 Å². The Morgan fingerprint density at radius 2 is 2.00 bits per heavy atom. The van der Waals surface area contributed by atoms with Crippen molar-refractivity contribution in [1.29, 1.82) is 0 Å². The van der Waals surface area contributed by atoms with Crippen molar-refractivity contribution in [3.63, 3.8) is 0 Å². The minimum atomic E-state index is -0.238. The summed E-state index contributed by atoms with van der Waals surface area (Å²) < 4.78 is 0. The number of aromatic nitrogens is 3. The molecule has 3 aromatic rings. The topological polar surface area (TPSA) is 82.7 Å². The Morgan fingerprint density at radius 3 is 2.74 bits per heavy atom. The summed E-state index contributed by atoms with van der Waals surface area (Å²) in [6, 6.07) is 11.7. The summed E-state index contributed by atoms with van der Waals surface area (Å²) in [7, 11) is 1.57. The second-order valence-electron chi connectivity index (χ2n) is 5.33. The summed E-state index contributed by atoms with van der Waals surface area (Å²) in [5.41, 5.74) is 3.97. The maximum absolute atomic E-state index is 11.4. The van der Waals surface area contributed by atoms with E-state index in [2.05, 4.69) is 50.9 Å². The van der Waals surface area contributed by atoms with Gasteiger partial charge in [-0.3, -0.25) is 4.79 Å². The van der Waals surface area contributed by atoms with E-state index in [1.54, 1.807) is 19.2 Å². The molecular weight excluding hydrogens is 290 g/mol. The Bertz CT molecular complexity index is 823. The van der Waals surface area contributed by atoms with Gasteiger partial charge in [-0.1, -0.05) is 18.2 Å². The van der Waals surface area contributed by atoms with Crippen LogP contribution in [-0.4, -0.2) is 34.7 Å². The molecule has 0 fully saturated rings. The minimum absolute atomic E-state index is 0.238. The summed E-state index contributed by atoms with van der Waals surface area (Å²) in [5.74, 6) is 0.425. The molecule has 6 nitrogen and oxygen atoms in total. The fourth-order valence-corrected chi connectivity index (χ4v) is 2.65. The van der Waals surface area contributed by atoms with Crippen molar-refractivity contribution in [2.75, 3.05) is 18.9 Å². The third-order valence-electron chi connectivity index (χ3n) is 3.83.